The maximum absolute atomic E-state index is 14.7. The predicted molar refractivity (Wildman–Crippen MR) is 160 cm³/mol. The van der Waals surface area contributed by atoms with Crippen molar-refractivity contribution in [1.29, 1.82) is 0 Å². The number of benzene rings is 2. The second-order valence-corrected chi connectivity index (χ2v) is 11.9. The molecule has 2 fully saturated rings. The summed E-state index contributed by atoms with van der Waals surface area (Å²) in [4.78, 5) is 63.1. The van der Waals surface area contributed by atoms with Gasteiger partial charge in [0.15, 0.2) is 0 Å². The van der Waals surface area contributed by atoms with Gasteiger partial charge in [-0.3, -0.25) is 19.3 Å². The lowest BCUT2D eigenvalue weighted by molar-refractivity contribution is -0.315. The van der Waals surface area contributed by atoms with Crippen molar-refractivity contribution in [3.8, 4) is 5.75 Å². The molecule has 2 aromatic rings. The van der Waals surface area contributed by atoms with E-state index < -0.39 is 84.1 Å². The van der Waals surface area contributed by atoms with Gasteiger partial charge in [-0.2, -0.15) is 26.3 Å². The molecule has 12 nitrogen and oxygen atoms in total. The van der Waals surface area contributed by atoms with Crippen LogP contribution in [-0.4, -0.2) is 81.8 Å². The van der Waals surface area contributed by atoms with Gasteiger partial charge in [-0.25, -0.2) is 14.5 Å². The first-order chi connectivity index (χ1) is 22.8. The molecule has 0 radical (unpaired) electrons. The summed E-state index contributed by atoms with van der Waals surface area (Å²) in [5.41, 5.74) is -4.57. The largest absolute Gasteiger partial charge is 0.495 e. The number of nitrogens with zero attached hydrogens (tertiary/aromatic N) is 2. The number of rotatable bonds is 12. The van der Waals surface area contributed by atoms with Crippen LogP contribution in [0.25, 0.3) is 0 Å². The van der Waals surface area contributed by atoms with E-state index in [1.807, 2.05) is 0 Å². The minimum absolute atomic E-state index is 0.0302. The van der Waals surface area contributed by atoms with Gasteiger partial charge < -0.3 is 25.8 Å². The second kappa shape index (κ2) is 13.8. The van der Waals surface area contributed by atoms with Crippen LogP contribution in [0.3, 0.4) is 0 Å². The highest BCUT2D eigenvalue weighted by Gasteiger charge is 2.84. The van der Waals surface area contributed by atoms with E-state index in [2.05, 4.69) is 16.0 Å². The Morgan fingerprint density at radius 1 is 1.00 bits per heavy atom. The Labute approximate surface area is 275 Å². The number of halogens is 6. The molecule has 1 saturated carbocycles. The molecule has 0 bridgehead atoms. The molecule has 1 saturated heterocycles. The van der Waals surface area contributed by atoms with Crippen LogP contribution >= 0.6 is 0 Å². The Bertz CT molecular complexity index is 1610. The number of para-hydroxylation sites is 1. The zero-order chi connectivity index (χ0) is 36.5. The molecule has 4 rings (SSSR count). The van der Waals surface area contributed by atoms with E-state index in [9.17, 15) is 50.3 Å². The predicted octanol–water partition coefficient (Wildman–Crippen LogP) is 5.42. The Balaban J connectivity index is 1.71. The number of carboxylic acid groups (broad SMARTS) is 1. The van der Waals surface area contributed by atoms with Crippen LogP contribution in [0, 0.1) is 12.8 Å². The van der Waals surface area contributed by atoms with Crippen LogP contribution < -0.4 is 20.7 Å². The molecule has 0 aromatic heterocycles. The Morgan fingerprint density at radius 2 is 1.61 bits per heavy atom. The summed E-state index contributed by atoms with van der Waals surface area (Å²) >= 11 is 0. The van der Waals surface area contributed by atoms with Crippen LogP contribution in [0.2, 0.25) is 0 Å². The molecule has 0 spiro atoms. The van der Waals surface area contributed by atoms with Crippen molar-refractivity contribution in [3.05, 3.63) is 53.6 Å². The van der Waals surface area contributed by atoms with E-state index in [1.165, 1.54) is 6.92 Å². The SMILES string of the molecule is COc1cc(CN2C(=O)N([C@@H](CC3CC3)C(=O)N[C@H](C)CC(=O)O)C(=O)C2(C(F)(F)F)C(F)(F)F)ccc1NC(=O)Nc1ccccc1C. The fourth-order valence-corrected chi connectivity index (χ4v) is 5.58. The first-order valence-electron chi connectivity index (χ1n) is 14.9. The third-order valence-electron chi connectivity index (χ3n) is 8.18. The minimum atomic E-state index is -6.40. The quantitative estimate of drug-likeness (QED) is 0.170. The molecule has 18 heteroatoms. The van der Waals surface area contributed by atoms with E-state index in [0.29, 0.717) is 18.5 Å². The van der Waals surface area contributed by atoms with Gasteiger partial charge in [0.05, 0.1) is 19.2 Å². The molecule has 266 valence electrons. The summed E-state index contributed by atoms with van der Waals surface area (Å²) in [6, 6.07) is 3.93. The number of aliphatic carboxylic acids is 1. The van der Waals surface area contributed by atoms with Crippen molar-refractivity contribution in [3.63, 3.8) is 0 Å². The summed E-state index contributed by atoms with van der Waals surface area (Å²) in [5.74, 6) is -5.91. The molecule has 1 aliphatic heterocycles. The lowest BCUT2D eigenvalue weighted by atomic mass is 9.94. The van der Waals surface area contributed by atoms with E-state index in [4.69, 9.17) is 9.84 Å². The maximum atomic E-state index is 14.7. The molecule has 1 heterocycles. The number of carbonyl (C=O) groups excluding carboxylic acids is 4. The standard InChI is InChI=1S/C31H33F6N5O7/c1-16-6-4-5-7-20(16)39-27(47)40-21-11-10-19(14-23(21)49-3)15-41-28(48)42(26(46)29(41,30(32,33)34)31(35,36)37)22(13-18-8-9-18)25(45)38-17(2)12-24(43)44/h4-7,10-11,14,17-18,22H,8-9,12-13,15H2,1-3H3,(H,38,45)(H,43,44)(H2,39,40,47)/t17-,22+/m1/s1. The van der Waals surface area contributed by atoms with E-state index in [1.54, 1.807) is 31.2 Å². The Morgan fingerprint density at radius 3 is 2.16 bits per heavy atom. The van der Waals surface area contributed by atoms with Gasteiger partial charge in [0.25, 0.3) is 5.91 Å². The van der Waals surface area contributed by atoms with Crippen molar-refractivity contribution in [2.45, 2.75) is 76.1 Å². The number of carboxylic acids is 1. The molecule has 6 amide bonds. The molecule has 49 heavy (non-hydrogen) atoms. The van der Waals surface area contributed by atoms with Crippen LogP contribution in [0.4, 0.5) is 47.3 Å². The van der Waals surface area contributed by atoms with Gasteiger partial charge in [-0.05, 0) is 55.5 Å². The van der Waals surface area contributed by atoms with Gasteiger partial charge in [-0.1, -0.05) is 37.1 Å². The number of imide groups is 1. The highest BCUT2D eigenvalue weighted by molar-refractivity contribution is 6.11. The maximum Gasteiger partial charge on any atom is 0.430 e. The topological polar surface area (TPSA) is 157 Å². The average molecular weight is 702 g/mol. The zero-order valence-corrected chi connectivity index (χ0v) is 26.4. The molecule has 2 atom stereocenters. The van der Waals surface area contributed by atoms with Crippen molar-refractivity contribution >= 4 is 41.2 Å². The number of urea groups is 2. The van der Waals surface area contributed by atoms with Crippen molar-refractivity contribution in [1.82, 2.24) is 15.1 Å². The van der Waals surface area contributed by atoms with Gasteiger partial charge in [0.1, 0.15) is 11.8 Å². The van der Waals surface area contributed by atoms with Crippen molar-refractivity contribution in [2.75, 3.05) is 17.7 Å². The summed E-state index contributed by atoms with van der Waals surface area (Å²) in [7, 11) is 1.12. The highest BCUT2D eigenvalue weighted by atomic mass is 19.4. The molecule has 4 N–H and O–H groups in total. The number of aryl methyl sites for hydroxylation is 1. The van der Waals surface area contributed by atoms with E-state index in [-0.39, 0.29) is 27.8 Å². The number of alkyl halides is 6. The number of hydrogen-bond donors (Lipinski definition) is 4. The number of methoxy groups -OCH3 is 1. The molecule has 2 aromatic carbocycles. The third-order valence-corrected chi connectivity index (χ3v) is 8.18. The van der Waals surface area contributed by atoms with Crippen LogP contribution in [-0.2, 0) is 20.9 Å². The van der Waals surface area contributed by atoms with Crippen LogP contribution in [0.1, 0.15) is 43.7 Å². The fraction of sp³-hybridized carbons (Fsp3) is 0.452. The third kappa shape index (κ3) is 7.51. The number of ether oxygens (including phenoxy) is 1. The molecular formula is C31H33F6N5O7. The first kappa shape index (κ1) is 36.8. The van der Waals surface area contributed by atoms with Crippen molar-refractivity contribution < 1.29 is 60.2 Å². The summed E-state index contributed by atoms with van der Waals surface area (Å²) in [6.45, 7) is 1.55. The van der Waals surface area contributed by atoms with E-state index in [0.717, 1.165) is 30.9 Å². The number of nitrogens with one attached hydrogen (secondary N) is 3. The molecular weight excluding hydrogens is 668 g/mol. The number of amides is 6. The van der Waals surface area contributed by atoms with E-state index >= 15 is 0 Å². The van der Waals surface area contributed by atoms with Crippen LogP contribution in [0.5, 0.6) is 5.75 Å². The van der Waals surface area contributed by atoms with Crippen LogP contribution in [0.15, 0.2) is 42.5 Å². The minimum Gasteiger partial charge on any atom is -0.495 e. The molecule has 2 aliphatic rings. The average Bonchev–Trinajstić information content (AvgIpc) is 3.77. The lowest BCUT2D eigenvalue weighted by Crippen LogP contribution is -2.69. The lowest BCUT2D eigenvalue weighted by Gasteiger charge is -2.37. The van der Waals surface area contributed by atoms with Crippen molar-refractivity contribution in [2.24, 2.45) is 5.92 Å². The Hall–Kier alpha value is -5.03. The van der Waals surface area contributed by atoms with Gasteiger partial charge in [0.2, 0.25) is 5.91 Å². The normalized spacial score (nSPS) is 17.4. The first-order valence-corrected chi connectivity index (χ1v) is 14.9. The van der Waals surface area contributed by atoms with Gasteiger partial charge in [0, 0.05) is 18.3 Å². The molecule has 0 unspecified atom stereocenters. The summed E-state index contributed by atoms with van der Waals surface area (Å²) in [6.07, 6.45) is -13.0. The zero-order valence-electron chi connectivity index (χ0n) is 26.4. The smallest absolute Gasteiger partial charge is 0.430 e. The highest BCUT2D eigenvalue weighted by Crippen LogP contribution is 2.53. The monoisotopic (exact) mass is 701 g/mol. The number of carbonyl (C=O) groups is 5. The van der Waals surface area contributed by atoms with Gasteiger partial charge >= 0.3 is 35.9 Å². The summed E-state index contributed by atoms with van der Waals surface area (Å²) in [5, 5.41) is 16.3. The number of anilines is 2. The second-order valence-electron chi connectivity index (χ2n) is 11.9. The number of hydrogen-bond acceptors (Lipinski definition) is 6. The fourth-order valence-electron chi connectivity index (χ4n) is 5.58. The van der Waals surface area contributed by atoms with Gasteiger partial charge in [-0.15, -0.1) is 0 Å². The Kier molecular flexibility index (Phi) is 10.4. The summed E-state index contributed by atoms with van der Waals surface area (Å²) < 4.78 is 93.5. The molecule has 1 aliphatic carbocycles.